The largest absolute Gasteiger partial charge is 0.324 e. The van der Waals surface area contributed by atoms with E-state index in [0.717, 1.165) is 21.7 Å². The van der Waals surface area contributed by atoms with Gasteiger partial charge in [-0.15, -0.1) is 0 Å². The average molecular weight is 502 g/mol. The minimum atomic E-state index is -3.84. The number of amides is 1. The molecule has 10 heteroatoms. The first-order valence-electron chi connectivity index (χ1n) is 10.4. The summed E-state index contributed by atoms with van der Waals surface area (Å²) < 4.78 is 54.0. The number of carbonyl (C=O) groups is 1. The lowest BCUT2D eigenvalue weighted by Crippen LogP contribution is -2.45. The highest BCUT2D eigenvalue weighted by Crippen LogP contribution is 2.25. The van der Waals surface area contributed by atoms with Crippen molar-refractivity contribution in [1.29, 1.82) is 0 Å². The molecule has 0 aliphatic heterocycles. The van der Waals surface area contributed by atoms with E-state index in [4.69, 9.17) is 0 Å². The molecular weight excluding hydrogens is 474 g/mol. The maximum atomic E-state index is 12.8. The third-order valence-electron chi connectivity index (χ3n) is 5.25. The van der Waals surface area contributed by atoms with Gasteiger partial charge in [0.25, 0.3) is 10.0 Å². The molecule has 0 aliphatic carbocycles. The van der Waals surface area contributed by atoms with Crippen LogP contribution in [0.5, 0.6) is 0 Å². The molecule has 1 amide bonds. The molecule has 2 N–H and O–H groups in total. The van der Waals surface area contributed by atoms with Crippen LogP contribution in [-0.4, -0.2) is 35.0 Å². The van der Waals surface area contributed by atoms with Gasteiger partial charge < -0.3 is 5.32 Å². The maximum absolute atomic E-state index is 12.8. The molecule has 3 aromatic carbocycles. The summed E-state index contributed by atoms with van der Waals surface area (Å²) in [6.45, 7) is 5.12. The van der Waals surface area contributed by atoms with Crippen molar-refractivity contribution in [2.24, 2.45) is 0 Å². The van der Waals surface area contributed by atoms with Gasteiger partial charge in [0.15, 0.2) is 0 Å². The minimum absolute atomic E-state index is 0.0308. The number of rotatable bonds is 8. The van der Waals surface area contributed by atoms with Gasteiger partial charge in [0.2, 0.25) is 15.9 Å². The predicted molar refractivity (Wildman–Crippen MR) is 135 cm³/mol. The lowest BCUT2D eigenvalue weighted by Gasteiger charge is -2.28. The number of hydrogen-bond acceptors (Lipinski definition) is 5. The summed E-state index contributed by atoms with van der Waals surface area (Å²) in [5, 5.41) is 2.65. The van der Waals surface area contributed by atoms with Crippen molar-refractivity contribution in [2.75, 3.05) is 20.6 Å². The molecule has 34 heavy (non-hydrogen) atoms. The van der Waals surface area contributed by atoms with E-state index in [1.807, 2.05) is 32.0 Å². The van der Waals surface area contributed by atoms with E-state index >= 15 is 0 Å². The molecule has 0 unspecified atom stereocenters. The Hall–Kier alpha value is -3.37. The molecule has 8 nitrogen and oxygen atoms in total. The van der Waals surface area contributed by atoms with Gasteiger partial charge in [0.1, 0.15) is 6.04 Å². The van der Waals surface area contributed by atoms with Gasteiger partial charge in [-0.05, 0) is 68.3 Å². The number of carbonyl (C=O) groups excluding carboxylic acids is 1. The summed E-state index contributed by atoms with van der Waals surface area (Å²) in [7, 11) is -7.57. The Morgan fingerprint density at radius 2 is 1.38 bits per heavy atom. The molecule has 0 saturated heterocycles. The molecule has 0 radical (unpaired) electrons. The molecule has 3 aromatic rings. The van der Waals surface area contributed by atoms with Gasteiger partial charge in [-0.1, -0.05) is 36.4 Å². The molecule has 0 aliphatic rings. The number of anilines is 3. The number of para-hydroxylation sites is 2. The first kappa shape index (κ1) is 25.3. The summed E-state index contributed by atoms with van der Waals surface area (Å²) in [6.07, 6.45) is 1.03. The van der Waals surface area contributed by atoms with Crippen molar-refractivity contribution in [1.82, 2.24) is 0 Å². The fourth-order valence-electron chi connectivity index (χ4n) is 3.52. The van der Waals surface area contributed by atoms with E-state index in [1.54, 1.807) is 30.3 Å². The van der Waals surface area contributed by atoms with Crippen LogP contribution in [0, 0.1) is 13.8 Å². The summed E-state index contributed by atoms with van der Waals surface area (Å²) in [6, 6.07) is 18.4. The summed E-state index contributed by atoms with van der Waals surface area (Å²) in [5.74, 6) is -0.557. The van der Waals surface area contributed by atoms with Crippen LogP contribution in [0.3, 0.4) is 0 Å². The van der Waals surface area contributed by atoms with Crippen LogP contribution in [0.15, 0.2) is 77.7 Å². The molecule has 3 rings (SSSR count). The second-order valence-electron chi connectivity index (χ2n) is 7.96. The van der Waals surface area contributed by atoms with E-state index in [1.165, 1.54) is 31.2 Å². The number of sulfonamides is 2. The topological polar surface area (TPSA) is 113 Å². The molecule has 0 spiro atoms. The molecule has 0 heterocycles. The highest BCUT2D eigenvalue weighted by molar-refractivity contribution is 7.92. The quantitative estimate of drug-likeness (QED) is 0.486. The second kappa shape index (κ2) is 9.86. The fourth-order valence-corrected chi connectivity index (χ4v) is 5.89. The van der Waals surface area contributed by atoms with Crippen LogP contribution < -0.4 is 14.3 Å². The smallest absolute Gasteiger partial charge is 0.261 e. The van der Waals surface area contributed by atoms with Crippen LogP contribution in [0.4, 0.5) is 17.1 Å². The number of nitrogens with one attached hydrogen (secondary N) is 2. The molecule has 0 bridgehead atoms. The van der Waals surface area contributed by atoms with Crippen LogP contribution in [0.1, 0.15) is 18.1 Å². The van der Waals surface area contributed by atoms with E-state index < -0.39 is 32.0 Å². The zero-order valence-corrected chi connectivity index (χ0v) is 20.9. The van der Waals surface area contributed by atoms with Crippen LogP contribution in [0.2, 0.25) is 0 Å². The van der Waals surface area contributed by atoms with Crippen LogP contribution in [0.25, 0.3) is 0 Å². The summed E-state index contributed by atoms with van der Waals surface area (Å²) in [4.78, 5) is 12.9. The van der Waals surface area contributed by atoms with Crippen molar-refractivity contribution in [3.63, 3.8) is 0 Å². The molecule has 0 aromatic heterocycles. The van der Waals surface area contributed by atoms with Gasteiger partial charge in [-0.2, -0.15) is 0 Å². The molecule has 0 saturated carbocycles. The maximum Gasteiger partial charge on any atom is 0.261 e. The van der Waals surface area contributed by atoms with E-state index in [0.29, 0.717) is 17.1 Å². The van der Waals surface area contributed by atoms with Crippen molar-refractivity contribution in [2.45, 2.75) is 31.7 Å². The van der Waals surface area contributed by atoms with Gasteiger partial charge in [-0.25, -0.2) is 16.8 Å². The van der Waals surface area contributed by atoms with Crippen LogP contribution >= 0.6 is 0 Å². The standard InChI is InChI=1S/C24H27N3O5S2/c1-17-9-8-10-18(2)23(17)26-34(31,32)22-15-13-20(14-16-22)25-24(28)19(3)27(33(4,29)30)21-11-6-5-7-12-21/h5-16,19,26H,1-4H3,(H,25,28)/t19-/m1/s1. The van der Waals surface area contributed by atoms with E-state index in [9.17, 15) is 21.6 Å². The molecule has 0 fully saturated rings. The van der Waals surface area contributed by atoms with Crippen molar-refractivity contribution in [3.05, 3.63) is 83.9 Å². The zero-order chi connectivity index (χ0) is 25.1. The Kier molecular flexibility index (Phi) is 7.32. The Bertz CT molecular complexity index is 1370. The number of nitrogens with zero attached hydrogens (tertiary/aromatic N) is 1. The molecule has 1 atom stereocenters. The summed E-state index contributed by atoms with van der Waals surface area (Å²) >= 11 is 0. The van der Waals surface area contributed by atoms with Gasteiger partial charge in [-0.3, -0.25) is 13.8 Å². The Labute approximate surface area is 200 Å². The SMILES string of the molecule is Cc1cccc(C)c1NS(=O)(=O)c1ccc(NC(=O)[C@@H](C)N(c2ccccc2)S(C)(=O)=O)cc1. The van der Waals surface area contributed by atoms with Crippen molar-refractivity contribution < 1.29 is 21.6 Å². The lowest BCUT2D eigenvalue weighted by atomic mass is 10.1. The first-order valence-corrected chi connectivity index (χ1v) is 13.8. The Morgan fingerprint density at radius 1 is 0.824 bits per heavy atom. The number of hydrogen-bond donors (Lipinski definition) is 2. The minimum Gasteiger partial charge on any atom is -0.324 e. The monoisotopic (exact) mass is 501 g/mol. The van der Waals surface area contributed by atoms with Crippen LogP contribution in [-0.2, 0) is 24.8 Å². The number of aryl methyl sites for hydroxylation is 2. The molecular formula is C24H27N3O5S2. The second-order valence-corrected chi connectivity index (χ2v) is 11.5. The Balaban J connectivity index is 1.78. The fraction of sp³-hybridized carbons (Fsp3) is 0.208. The Morgan fingerprint density at radius 3 is 1.91 bits per heavy atom. The third kappa shape index (κ3) is 5.75. The van der Waals surface area contributed by atoms with Gasteiger partial charge in [0.05, 0.1) is 22.5 Å². The summed E-state index contributed by atoms with van der Waals surface area (Å²) in [5.41, 5.74) is 2.83. The highest BCUT2D eigenvalue weighted by atomic mass is 32.2. The van der Waals surface area contributed by atoms with Crippen molar-refractivity contribution >= 4 is 43.0 Å². The van der Waals surface area contributed by atoms with Gasteiger partial charge >= 0.3 is 0 Å². The zero-order valence-electron chi connectivity index (χ0n) is 19.3. The number of benzene rings is 3. The highest BCUT2D eigenvalue weighted by Gasteiger charge is 2.29. The first-order chi connectivity index (χ1) is 15.9. The van der Waals surface area contributed by atoms with Gasteiger partial charge in [0, 0.05) is 5.69 Å². The average Bonchev–Trinajstić information content (AvgIpc) is 2.76. The van der Waals surface area contributed by atoms with Crippen molar-refractivity contribution in [3.8, 4) is 0 Å². The predicted octanol–water partition coefficient (Wildman–Crippen LogP) is 3.90. The molecule has 180 valence electrons. The lowest BCUT2D eigenvalue weighted by molar-refractivity contribution is -0.116. The van der Waals surface area contributed by atoms with E-state index in [2.05, 4.69) is 10.0 Å². The normalized spacial score (nSPS) is 12.6. The van der Waals surface area contributed by atoms with E-state index in [-0.39, 0.29) is 4.90 Å². The third-order valence-corrected chi connectivity index (χ3v) is 7.86.